The number of carbonyl (C=O) groups excluding carboxylic acids is 1. The fraction of sp³-hybridized carbons (Fsp3) is 0.400. The molecule has 1 amide bonds. The second kappa shape index (κ2) is 6.76. The Labute approximate surface area is 123 Å². The molecule has 1 aliphatic carbocycles. The summed E-state index contributed by atoms with van der Waals surface area (Å²) >= 11 is 6.08. The monoisotopic (exact) mass is 293 g/mol. The van der Waals surface area contributed by atoms with E-state index in [2.05, 4.69) is 11.8 Å². The lowest BCUT2D eigenvalue weighted by Gasteiger charge is -2.21. The molecule has 5 heteroatoms. The Morgan fingerprint density at radius 2 is 2.15 bits per heavy atom. The molecule has 0 atom stereocenters. The Morgan fingerprint density at radius 1 is 1.40 bits per heavy atom. The Kier molecular flexibility index (Phi) is 5.02. The number of benzene rings is 1. The number of amides is 1. The van der Waals surface area contributed by atoms with Crippen molar-refractivity contribution >= 4 is 17.5 Å². The molecule has 1 aliphatic rings. The molecular weight excluding hydrogens is 278 g/mol. The zero-order valence-electron chi connectivity index (χ0n) is 11.0. The largest absolute Gasteiger partial charge is 0.395 e. The van der Waals surface area contributed by atoms with Crippen LogP contribution in [0.15, 0.2) is 18.2 Å². The van der Waals surface area contributed by atoms with Gasteiger partial charge >= 0.3 is 0 Å². The molecule has 2 rings (SSSR count). The Hall–Kier alpha value is -1.54. The highest BCUT2D eigenvalue weighted by molar-refractivity contribution is 6.32. The molecule has 0 bridgehead atoms. The van der Waals surface area contributed by atoms with Gasteiger partial charge in [0.25, 0.3) is 5.91 Å². The minimum absolute atomic E-state index is 0.0456. The molecule has 1 aromatic rings. The van der Waals surface area contributed by atoms with Gasteiger partial charge < -0.3 is 15.1 Å². The van der Waals surface area contributed by atoms with Gasteiger partial charge in [-0.2, -0.15) is 0 Å². The average molecular weight is 294 g/mol. The first-order chi connectivity index (χ1) is 9.67. The van der Waals surface area contributed by atoms with E-state index in [4.69, 9.17) is 21.8 Å². The van der Waals surface area contributed by atoms with Gasteiger partial charge in [-0.05, 0) is 31.0 Å². The minimum Gasteiger partial charge on any atom is -0.395 e. The van der Waals surface area contributed by atoms with E-state index < -0.39 is 0 Å². The van der Waals surface area contributed by atoms with E-state index >= 15 is 0 Å². The van der Waals surface area contributed by atoms with Crippen molar-refractivity contribution in [3.05, 3.63) is 34.3 Å². The molecule has 0 spiro atoms. The zero-order valence-corrected chi connectivity index (χ0v) is 11.7. The molecular formula is C15H16ClNO3. The third kappa shape index (κ3) is 3.51. The summed E-state index contributed by atoms with van der Waals surface area (Å²) in [7, 11) is 0. The topological polar surface area (TPSA) is 60.8 Å². The van der Waals surface area contributed by atoms with Crippen LogP contribution in [0.2, 0.25) is 5.02 Å². The van der Waals surface area contributed by atoms with Crippen molar-refractivity contribution in [1.82, 2.24) is 4.90 Å². The molecule has 0 radical (unpaired) electrons. The Balaban J connectivity index is 2.19. The van der Waals surface area contributed by atoms with Crippen LogP contribution in [-0.2, 0) is 0 Å². The predicted octanol–water partition coefficient (Wildman–Crippen LogP) is 1.28. The van der Waals surface area contributed by atoms with E-state index in [9.17, 15) is 4.79 Å². The third-order valence-electron chi connectivity index (χ3n) is 3.11. The van der Waals surface area contributed by atoms with E-state index in [1.54, 1.807) is 23.1 Å². The first-order valence-corrected chi connectivity index (χ1v) is 6.86. The van der Waals surface area contributed by atoms with Crippen LogP contribution in [0.4, 0.5) is 0 Å². The maximum absolute atomic E-state index is 12.4. The molecule has 1 fully saturated rings. The molecule has 0 aromatic heterocycles. The van der Waals surface area contributed by atoms with Crippen LogP contribution in [0.3, 0.4) is 0 Å². The van der Waals surface area contributed by atoms with Crippen molar-refractivity contribution in [2.24, 2.45) is 0 Å². The summed E-state index contributed by atoms with van der Waals surface area (Å²) in [6, 6.07) is 5.16. The number of nitrogens with zero attached hydrogens (tertiary/aromatic N) is 1. The lowest BCUT2D eigenvalue weighted by Crippen LogP contribution is -2.35. The van der Waals surface area contributed by atoms with Crippen molar-refractivity contribution in [1.29, 1.82) is 0 Å². The molecule has 1 saturated carbocycles. The number of aliphatic hydroxyl groups excluding tert-OH is 2. The third-order valence-corrected chi connectivity index (χ3v) is 3.42. The van der Waals surface area contributed by atoms with E-state index in [1.807, 2.05) is 0 Å². The summed E-state index contributed by atoms with van der Waals surface area (Å²) in [6.07, 6.45) is 1.97. The first-order valence-electron chi connectivity index (χ1n) is 6.48. The highest BCUT2D eigenvalue weighted by atomic mass is 35.5. The van der Waals surface area contributed by atoms with Crippen molar-refractivity contribution in [2.45, 2.75) is 18.9 Å². The van der Waals surface area contributed by atoms with Gasteiger partial charge in [0, 0.05) is 23.7 Å². The van der Waals surface area contributed by atoms with Gasteiger partial charge in [0.2, 0.25) is 0 Å². The van der Waals surface area contributed by atoms with E-state index in [1.165, 1.54) is 0 Å². The maximum Gasteiger partial charge on any atom is 0.254 e. The molecule has 20 heavy (non-hydrogen) atoms. The van der Waals surface area contributed by atoms with Gasteiger partial charge in [-0.15, -0.1) is 0 Å². The summed E-state index contributed by atoms with van der Waals surface area (Å²) in [6.45, 7) is 0.0617. The molecule has 4 nitrogen and oxygen atoms in total. The van der Waals surface area contributed by atoms with E-state index in [-0.39, 0.29) is 25.2 Å². The van der Waals surface area contributed by atoms with Crippen LogP contribution in [-0.4, -0.2) is 46.8 Å². The lowest BCUT2D eigenvalue weighted by atomic mass is 10.1. The SMILES string of the molecule is O=C(c1ccc(C#CCO)c(Cl)c1)N(CCO)C1CC1. The maximum atomic E-state index is 12.4. The second-order valence-corrected chi connectivity index (χ2v) is 5.02. The number of halogens is 1. The zero-order chi connectivity index (χ0) is 14.5. The number of aliphatic hydroxyl groups is 2. The van der Waals surface area contributed by atoms with E-state index in [0.717, 1.165) is 12.8 Å². The minimum atomic E-state index is -0.233. The number of hydrogen-bond acceptors (Lipinski definition) is 3. The molecule has 0 unspecified atom stereocenters. The Bertz CT molecular complexity index is 558. The van der Waals surface area contributed by atoms with Crippen molar-refractivity contribution in [2.75, 3.05) is 19.8 Å². The highest BCUT2D eigenvalue weighted by Crippen LogP contribution is 2.28. The lowest BCUT2D eigenvalue weighted by molar-refractivity contribution is 0.0707. The van der Waals surface area contributed by atoms with Crippen LogP contribution in [0, 0.1) is 11.8 Å². The van der Waals surface area contributed by atoms with Gasteiger partial charge in [0.15, 0.2) is 0 Å². The molecule has 0 heterocycles. The van der Waals surface area contributed by atoms with Crippen molar-refractivity contribution < 1.29 is 15.0 Å². The molecule has 2 N–H and O–H groups in total. The van der Waals surface area contributed by atoms with Crippen molar-refractivity contribution in [3.63, 3.8) is 0 Å². The van der Waals surface area contributed by atoms with E-state index in [0.29, 0.717) is 22.7 Å². The Morgan fingerprint density at radius 3 is 2.70 bits per heavy atom. The second-order valence-electron chi connectivity index (χ2n) is 4.61. The van der Waals surface area contributed by atoms with Gasteiger partial charge in [0.1, 0.15) is 6.61 Å². The predicted molar refractivity (Wildman–Crippen MR) is 76.6 cm³/mol. The van der Waals surface area contributed by atoms with Gasteiger partial charge in [-0.3, -0.25) is 4.79 Å². The van der Waals surface area contributed by atoms with Crippen LogP contribution in [0.5, 0.6) is 0 Å². The number of rotatable bonds is 4. The average Bonchev–Trinajstić information content (AvgIpc) is 3.27. The quantitative estimate of drug-likeness (QED) is 0.822. The van der Waals surface area contributed by atoms with Gasteiger partial charge in [-0.1, -0.05) is 23.4 Å². The van der Waals surface area contributed by atoms with Gasteiger partial charge in [0.05, 0.1) is 11.6 Å². The van der Waals surface area contributed by atoms with Crippen LogP contribution >= 0.6 is 11.6 Å². The van der Waals surface area contributed by atoms with Gasteiger partial charge in [-0.25, -0.2) is 0 Å². The molecule has 106 valence electrons. The van der Waals surface area contributed by atoms with Crippen molar-refractivity contribution in [3.8, 4) is 11.8 Å². The standard InChI is InChI=1S/C15H16ClNO3/c16-14-10-12(4-3-11(14)2-1-8-18)15(20)17(7-9-19)13-5-6-13/h3-4,10,13,18-19H,5-9H2. The van der Waals surface area contributed by atoms with Crippen LogP contribution in [0.25, 0.3) is 0 Å². The fourth-order valence-electron chi connectivity index (χ4n) is 1.99. The summed E-state index contributed by atoms with van der Waals surface area (Å²) in [5.41, 5.74) is 1.07. The van der Waals surface area contributed by atoms with Crippen LogP contribution in [0.1, 0.15) is 28.8 Å². The molecule has 0 aliphatic heterocycles. The highest BCUT2D eigenvalue weighted by Gasteiger charge is 2.32. The summed E-state index contributed by atoms with van der Waals surface area (Å²) in [5, 5.41) is 18.1. The molecule has 1 aromatic carbocycles. The normalized spacial score (nSPS) is 13.6. The summed E-state index contributed by atoms with van der Waals surface area (Å²) in [5.74, 6) is 5.12. The summed E-state index contributed by atoms with van der Waals surface area (Å²) < 4.78 is 0. The molecule has 0 saturated heterocycles. The number of hydrogen-bond donors (Lipinski definition) is 2. The first kappa shape index (κ1) is 14.9. The summed E-state index contributed by atoms with van der Waals surface area (Å²) in [4.78, 5) is 14.1. The van der Waals surface area contributed by atoms with Crippen LogP contribution < -0.4 is 0 Å². The smallest absolute Gasteiger partial charge is 0.254 e. The fourth-order valence-corrected chi connectivity index (χ4v) is 2.22. The number of carbonyl (C=O) groups is 1.